The Bertz CT molecular complexity index is 1060. The van der Waals surface area contributed by atoms with Gasteiger partial charge in [0, 0.05) is 23.9 Å². The van der Waals surface area contributed by atoms with Crippen LogP contribution in [0.4, 0.5) is 16.2 Å². The molecule has 11 heteroatoms. The van der Waals surface area contributed by atoms with Crippen LogP contribution < -0.4 is 15.6 Å². The van der Waals surface area contributed by atoms with Crippen molar-refractivity contribution in [3.63, 3.8) is 0 Å². The Balaban J connectivity index is 1.71. The van der Waals surface area contributed by atoms with Gasteiger partial charge in [-0.05, 0) is 31.2 Å². The quantitative estimate of drug-likeness (QED) is 0.331. The summed E-state index contributed by atoms with van der Waals surface area (Å²) >= 11 is 0. The van der Waals surface area contributed by atoms with Crippen molar-refractivity contribution >= 4 is 41.3 Å². The zero-order chi connectivity index (χ0) is 21.8. The van der Waals surface area contributed by atoms with E-state index in [0.717, 1.165) is 28.8 Å². The van der Waals surface area contributed by atoms with E-state index in [2.05, 4.69) is 15.8 Å². The lowest BCUT2D eigenvalue weighted by Gasteiger charge is -2.28. The number of aryl methyl sites for hydroxylation is 1. The fourth-order valence-electron chi connectivity index (χ4n) is 2.63. The number of carbonyl (C=O) groups excluding carboxylic acids is 4. The summed E-state index contributed by atoms with van der Waals surface area (Å²) < 4.78 is 0. The van der Waals surface area contributed by atoms with Gasteiger partial charge in [-0.3, -0.25) is 29.8 Å². The second kappa shape index (κ2) is 8.31. The van der Waals surface area contributed by atoms with Gasteiger partial charge in [0.1, 0.15) is 0 Å². The fraction of sp³-hybridized carbons (Fsp3) is 0.105. The number of nitrogens with one attached hydrogen (secondary N) is 2. The maximum Gasteiger partial charge on any atom is 0.335 e. The van der Waals surface area contributed by atoms with E-state index in [9.17, 15) is 29.3 Å². The number of hydrazone groups is 1. The average Bonchev–Trinajstić information content (AvgIpc) is 2.71. The summed E-state index contributed by atoms with van der Waals surface area (Å²) in [5, 5.41) is 16.3. The van der Waals surface area contributed by atoms with E-state index in [1.165, 1.54) is 12.1 Å². The number of barbiturate groups is 1. The van der Waals surface area contributed by atoms with Gasteiger partial charge in [-0.2, -0.15) is 5.10 Å². The van der Waals surface area contributed by atoms with Crippen LogP contribution in [0.2, 0.25) is 0 Å². The van der Waals surface area contributed by atoms with E-state index >= 15 is 0 Å². The summed E-state index contributed by atoms with van der Waals surface area (Å²) in [5.41, 5.74) is 3.25. The second-order valence-electron chi connectivity index (χ2n) is 6.30. The molecule has 1 atom stereocenters. The van der Waals surface area contributed by atoms with E-state index in [0.29, 0.717) is 0 Å². The Hall–Kier alpha value is -4.41. The number of urea groups is 1. The number of hydrogen-bond acceptors (Lipinski definition) is 7. The zero-order valence-electron chi connectivity index (χ0n) is 15.6. The summed E-state index contributed by atoms with van der Waals surface area (Å²) in [4.78, 5) is 59.7. The first-order valence-corrected chi connectivity index (χ1v) is 8.61. The number of rotatable bonds is 5. The van der Waals surface area contributed by atoms with Gasteiger partial charge in [-0.15, -0.1) is 0 Å². The van der Waals surface area contributed by atoms with Gasteiger partial charge in [-0.25, -0.2) is 15.1 Å². The lowest BCUT2D eigenvalue weighted by atomic mass is 10.1. The number of benzene rings is 2. The molecule has 2 aromatic carbocycles. The van der Waals surface area contributed by atoms with Crippen molar-refractivity contribution < 1.29 is 24.1 Å². The van der Waals surface area contributed by atoms with Gasteiger partial charge in [0.15, 0.2) is 5.92 Å². The van der Waals surface area contributed by atoms with Gasteiger partial charge >= 0.3 is 6.03 Å². The van der Waals surface area contributed by atoms with Crippen LogP contribution in [-0.4, -0.2) is 34.9 Å². The minimum Gasteiger partial charge on any atom is -0.276 e. The van der Waals surface area contributed by atoms with E-state index < -0.39 is 34.6 Å². The third-order valence-corrected chi connectivity index (χ3v) is 4.22. The van der Waals surface area contributed by atoms with E-state index in [4.69, 9.17) is 0 Å². The van der Waals surface area contributed by atoms with E-state index in [1.807, 2.05) is 6.92 Å². The number of anilines is 1. The second-order valence-corrected chi connectivity index (χ2v) is 6.30. The highest BCUT2D eigenvalue weighted by molar-refractivity contribution is 6.32. The molecule has 1 aliphatic heterocycles. The van der Waals surface area contributed by atoms with Gasteiger partial charge in [-0.1, -0.05) is 17.7 Å². The molecule has 30 heavy (non-hydrogen) atoms. The van der Waals surface area contributed by atoms with Gasteiger partial charge in [0.05, 0.1) is 10.6 Å². The van der Waals surface area contributed by atoms with E-state index in [-0.39, 0.29) is 16.9 Å². The number of carbonyl (C=O) groups is 4. The lowest BCUT2D eigenvalue weighted by molar-refractivity contribution is -0.384. The number of hydrogen-bond donors (Lipinski definition) is 2. The first-order valence-electron chi connectivity index (χ1n) is 8.61. The molecule has 1 saturated heterocycles. The molecule has 152 valence electrons. The SMILES string of the molecule is Cc1ccc(N2C(=O)NC(=O)[C@H](/C=N\NC(=O)c3ccc([N+](=O)[O-])cc3)C2=O)cc1. The van der Waals surface area contributed by atoms with Crippen molar-refractivity contribution in [3.8, 4) is 0 Å². The summed E-state index contributed by atoms with van der Waals surface area (Å²) in [6.07, 6.45) is 0.911. The van der Waals surface area contributed by atoms with Crippen molar-refractivity contribution in [1.29, 1.82) is 0 Å². The van der Waals surface area contributed by atoms with Crippen molar-refractivity contribution in [2.45, 2.75) is 6.92 Å². The molecule has 5 amide bonds. The maximum absolute atomic E-state index is 12.7. The van der Waals surface area contributed by atoms with Gasteiger partial charge < -0.3 is 0 Å². The van der Waals surface area contributed by atoms with Crippen molar-refractivity contribution in [2.75, 3.05) is 4.90 Å². The standard InChI is InChI=1S/C19H15N5O6/c1-11-2-6-13(7-3-11)23-18(27)15(17(26)21-19(23)28)10-20-22-16(25)12-4-8-14(9-5-12)24(29)30/h2-10,15H,1H3,(H,22,25)(H,21,26,28)/b20-10-/t15-/m0/s1. The first kappa shape index (κ1) is 20.3. The molecule has 0 unspecified atom stereocenters. The molecule has 2 N–H and O–H groups in total. The highest BCUT2D eigenvalue weighted by atomic mass is 16.6. The van der Waals surface area contributed by atoms with Crippen LogP contribution in [0.25, 0.3) is 0 Å². The number of imide groups is 2. The highest BCUT2D eigenvalue weighted by Gasteiger charge is 2.40. The number of nitro benzene ring substituents is 1. The third-order valence-electron chi connectivity index (χ3n) is 4.22. The maximum atomic E-state index is 12.7. The first-order chi connectivity index (χ1) is 14.3. The molecular weight excluding hydrogens is 394 g/mol. The zero-order valence-corrected chi connectivity index (χ0v) is 15.6. The lowest BCUT2D eigenvalue weighted by Crippen LogP contribution is -2.58. The largest absolute Gasteiger partial charge is 0.335 e. The number of nitro groups is 1. The molecule has 0 spiro atoms. The topological polar surface area (TPSA) is 151 Å². The third kappa shape index (κ3) is 4.19. The average molecular weight is 409 g/mol. The molecule has 2 aromatic rings. The molecular formula is C19H15N5O6. The molecule has 0 aliphatic carbocycles. The van der Waals surface area contributed by atoms with E-state index in [1.54, 1.807) is 24.3 Å². The van der Waals surface area contributed by atoms with Crippen LogP contribution in [-0.2, 0) is 9.59 Å². The van der Waals surface area contributed by atoms with Crippen molar-refractivity contribution in [1.82, 2.24) is 10.7 Å². The smallest absolute Gasteiger partial charge is 0.276 e. The number of amides is 5. The Morgan fingerprint density at radius 2 is 1.77 bits per heavy atom. The van der Waals surface area contributed by atoms with Crippen LogP contribution in [0.5, 0.6) is 0 Å². The molecule has 0 radical (unpaired) electrons. The highest BCUT2D eigenvalue weighted by Crippen LogP contribution is 2.20. The molecule has 3 rings (SSSR count). The molecule has 1 heterocycles. The van der Waals surface area contributed by atoms with Crippen molar-refractivity contribution in [2.24, 2.45) is 11.0 Å². The fourth-order valence-corrected chi connectivity index (χ4v) is 2.63. The normalized spacial score (nSPS) is 16.5. The Morgan fingerprint density at radius 1 is 1.13 bits per heavy atom. The molecule has 0 aromatic heterocycles. The molecule has 1 aliphatic rings. The van der Waals surface area contributed by atoms with Crippen LogP contribution >= 0.6 is 0 Å². The summed E-state index contributed by atoms with van der Waals surface area (Å²) in [6.45, 7) is 1.84. The molecule has 0 bridgehead atoms. The molecule has 0 saturated carbocycles. The minimum absolute atomic E-state index is 0.0913. The van der Waals surface area contributed by atoms with Crippen LogP contribution in [0.1, 0.15) is 15.9 Å². The Morgan fingerprint density at radius 3 is 2.37 bits per heavy atom. The van der Waals surface area contributed by atoms with Crippen LogP contribution in [0.15, 0.2) is 53.6 Å². The summed E-state index contributed by atoms with van der Waals surface area (Å²) in [5.74, 6) is -3.82. The predicted molar refractivity (Wildman–Crippen MR) is 105 cm³/mol. The predicted octanol–water partition coefficient (Wildman–Crippen LogP) is 1.52. The van der Waals surface area contributed by atoms with Crippen LogP contribution in [0.3, 0.4) is 0 Å². The summed E-state index contributed by atoms with van der Waals surface area (Å²) in [7, 11) is 0. The summed E-state index contributed by atoms with van der Waals surface area (Å²) in [6, 6.07) is 10.4. The van der Waals surface area contributed by atoms with Crippen LogP contribution in [0, 0.1) is 23.0 Å². The minimum atomic E-state index is -1.43. The molecule has 1 fully saturated rings. The number of nitrogens with zero attached hydrogens (tertiary/aromatic N) is 3. The Kier molecular flexibility index (Phi) is 5.63. The molecule has 11 nitrogen and oxygen atoms in total. The van der Waals surface area contributed by atoms with Gasteiger partial charge in [0.2, 0.25) is 5.91 Å². The monoisotopic (exact) mass is 409 g/mol. The Labute approximate surface area is 169 Å². The van der Waals surface area contributed by atoms with Crippen molar-refractivity contribution in [3.05, 3.63) is 69.8 Å². The van der Waals surface area contributed by atoms with Gasteiger partial charge in [0.25, 0.3) is 17.5 Å². The number of non-ortho nitro benzene ring substituents is 1.